The molecule has 5 heteroatoms. The molecule has 4 nitrogen and oxygen atoms in total. The van der Waals surface area contributed by atoms with Gasteiger partial charge >= 0.3 is 0 Å². The number of anilines is 1. The summed E-state index contributed by atoms with van der Waals surface area (Å²) >= 11 is 5.22. The van der Waals surface area contributed by atoms with Gasteiger partial charge < -0.3 is 19.8 Å². The summed E-state index contributed by atoms with van der Waals surface area (Å²) in [5.74, 6) is 1.60. The molecular formula is C15H16N2O2S. The fraction of sp³-hybridized carbons (Fsp3) is 0.133. The van der Waals surface area contributed by atoms with Gasteiger partial charge in [-0.2, -0.15) is 0 Å². The van der Waals surface area contributed by atoms with Gasteiger partial charge in [0.05, 0.1) is 12.8 Å². The molecule has 0 atom stereocenters. The third kappa shape index (κ3) is 4.44. The van der Waals surface area contributed by atoms with Crippen LogP contribution in [-0.2, 0) is 6.54 Å². The van der Waals surface area contributed by atoms with E-state index in [1.807, 2.05) is 36.4 Å². The molecule has 2 N–H and O–H groups in total. The first-order valence-corrected chi connectivity index (χ1v) is 6.60. The van der Waals surface area contributed by atoms with Crippen molar-refractivity contribution in [3.05, 3.63) is 61.1 Å². The Bertz CT molecular complexity index is 567. The van der Waals surface area contributed by atoms with Crippen LogP contribution in [0.2, 0.25) is 0 Å². The minimum absolute atomic E-state index is 0.477. The van der Waals surface area contributed by atoms with Crippen LogP contribution in [0.4, 0.5) is 5.69 Å². The van der Waals surface area contributed by atoms with Crippen molar-refractivity contribution in [2.75, 3.05) is 11.9 Å². The monoisotopic (exact) mass is 288 g/mol. The third-order valence-electron chi connectivity index (χ3n) is 2.46. The van der Waals surface area contributed by atoms with Gasteiger partial charge in [-0.3, -0.25) is 0 Å². The van der Waals surface area contributed by atoms with E-state index in [0.29, 0.717) is 18.3 Å². The minimum atomic E-state index is 0.477. The average Bonchev–Trinajstić information content (AvgIpc) is 2.97. The standard InChI is InChI=1S/C15H16N2O2S/c1-2-8-18-13-6-3-5-12(10-13)17-15(20)16-11-14-7-4-9-19-14/h2-7,9-10H,1,8,11H2,(H2,16,17,20). The third-order valence-corrected chi connectivity index (χ3v) is 2.71. The number of hydrogen-bond acceptors (Lipinski definition) is 3. The highest BCUT2D eigenvalue weighted by molar-refractivity contribution is 7.80. The highest BCUT2D eigenvalue weighted by Gasteiger charge is 2.01. The molecule has 20 heavy (non-hydrogen) atoms. The van der Waals surface area contributed by atoms with Gasteiger partial charge in [0.2, 0.25) is 0 Å². The summed E-state index contributed by atoms with van der Waals surface area (Å²) in [6.07, 6.45) is 3.34. The predicted molar refractivity (Wildman–Crippen MR) is 83.9 cm³/mol. The Kier molecular flexibility index (Phi) is 5.20. The second-order valence-corrected chi connectivity index (χ2v) is 4.42. The van der Waals surface area contributed by atoms with E-state index in [4.69, 9.17) is 21.4 Å². The first-order chi connectivity index (χ1) is 9.78. The summed E-state index contributed by atoms with van der Waals surface area (Å²) in [6, 6.07) is 11.3. The van der Waals surface area contributed by atoms with Gasteiger partial charge in [-0.25, -0.2) is 0 Å². The Hall–Kier alpha value is -2.27. The lowest BCUT2D eigenvalue weighted by Gasteiger charge is -2.11. The number of ether oxygens (including phenoxy) is 1. The lowest BCUT2D eigenvalue weighted by molar-refractivity contribution is 0.363. The maximum atomic E-state index is 5.46. The van der Waals surface area contributed by atoms with E-state index in [9.17, 15) is 0 Å². The van der Waals surface area contributed by atoms with Crippen molar-refractivity contribution >= 4 is 23.0 Å². The summed E-state index contributed by atoms with van der Waals surface area (Å²) in [7, 11) is 0. The van der Waals surface area contributed by atoms with Crippen molar-refractivity contribution in [1.29, 1.82) is 0 Å². The molecule has 0 aliphatic heterocycles. The quantitative estimate of drug-likeness (QED) is 0.630. The van der Waals surface area contributed by atoms with Crippen molar-refractivity contribution in [1.82, 2.24) is 5.32 Å². The van der Waals surface area contributed by atoms with Crippen LogP contribution in [0.3, 0.4) is 0 Å². The Labute approximate surface area is 123 Å². The molecule has 1 aromatic heterocycles. The van der Waals surface area contributed by atoms with E-state index in [-0.39, 0.29) is 0 Å². The Morgan fingerprint density at radius 1 is 1.35 bits per heavy atom. The van der Waals surface area contributed by atoms with Gasteiger partial charge in [-0.05, 0) is 36.5 Å². The zero-order valence-electron chi connectivity index (χ0n) is 11.0. The van der Waals surface area contributed by atoms with Crippen molar-refractivity contribution in [3.63, 3.8) is 0 Å². The Morgan fingerprint density at radius 3 is 3.00 bits per heavy atom. The van der Waals surface area contributed by atoms with Crippen LogP contribution < -0.4 is 15.4 Å². The van der Waals surface area contributed by atoms with Gasteiger partial charge in [0.1, 0.15) is 18.1 Å². The van der Waals surface area contributed by atoms with Crippen molar-refractivity contribution < 1.29 is 9.15 Å². The van der Waals surface area contributed by atoms with Gasteiger partial charge in [0.15, 0.2) is 5.11 Å². The molecule has 1 heterocycles. The second-order valence-electron chi connectivity index (χ2n) is 4.01. The number of furan rings is 1. The van der Waals surface area contributed by atoms with Crippen LogP contribution in [0, 0.1) is 0 Å². The number of benzene rings is 1. The van der Waals surface area contributed by atoms with Gasteiger partial charge in [0.25, 0.3) is 0 Å². The van der Waals surface area contributed by atoms with E-state index in [2.05, 4.69) is 17.2 Å². The van der Waals surface area contributed by atoms with Crippen LogP contribution in [0.15, 0.2) is 59.7 Å². The zero-order valence-corrected chi connectivity index (χ0v) is 11.8. The summed E-state index contributed by atoms with van der Waals surface area (Å²) in [5.41, 5.74) is 0.864. The average molecular weight is 288 g/mol. The molecule has 2 rings (SSSR count). The normalized spacial score (nSPS) is 9.80. The smallest absolute Gasteiger partial charge is 0.171 e. The maximum Gasteiger partial charge on any atom is 0.171 e. The number of nitrogens with one attached hydrogen (secondary N) is 2. The first-order valence-electron chi connectivity index (χ1n) is 6.19. The molecule has 0 bridgehead atoms. The molecule has 0 fully saturated rings. The molecule has 2 aromatic rings. The highest BCUT2D eigenvalue weighted by atomic mass is 32.1. The van der Waals surface area contributed by atoms with E-state index in [0.717, 1.165) is 17.2 Å². The first kappa shape index (κ1) is 14.1. The van der Waals surface area contributed by atoms with E-state index in [1.54, 1.807) is 12.3 Å². The molecule has 0 radical (unpaired) electrons. The molecule has 1 aromatic carbocycles. The second kappa shape index (κ2) is 7.35. The molecule has 0 spiro atoms. The van der Waals surface area contributed by atoms with Gasteiger partial charge in [0, 0.05) is 11.8 Å². The van der Waals surface area contributed by atoms with Gasteiger partial charge in [-0.1, -0.05) is 18.7 Å². The molecule has 0 unspecified atom stereocenters. The summed E-state index contributed by atoms with van der Waals surface area (Å²) in [5, 5.41) is 6.69. The van der Waals surface area contributed by atoms with Crippen LogP contribution in [0.5, 0.6) is 5.75 Å². The highest BCUT2D eigenvalue weighted by Crippen LogP contribution is 2.17. The largest absolute Gasteiger partial charge is 0.489 e. The summed E-state index contributed by atoms with van der Waals surface area (Å²) in [6.45, 7) is 4.64. The minimum Gasteiger partial charge on any atom is -0.489 e. The summed E-state index contributed by atoms with van der Waals surface area (Å²) in [4.78, 5) is 0. The van der Waals surface area contributed by atoms with Crippen LogP contribution in [0.25, 0.3) is 0 Å². The van der Waals surface area contributed by atoms with E-state index >= 15 is 0 Å². The number of hydrogen-bond donors (Lipinski definition) is 2. The van der Waals surface area contributed by atoms with Crippen LogP contribution in [0.1, 0.15) is 5.76 Å². The fourth-order valence-corrected chi connectivity index (χ4v) is 1.76. The van der Waals surface area contributed by atoms with Crippen molar-refractivity contribution in [3.8, 4) is 5.75 Å². The van der Waals surface area contributed by atoms with E-state index < -0.39 is 0 Å². The number of thiocarbonyl (C=S) groups is 1. The predicted octanol–water partition coefficient (Wildman–Crippen LogP) is 3.33. The zero-order chi connectivity index (χ0) is 14.2. The SMILES string of the molecule is C=CCOc1cccc(NC(=S)NCc2ccco2)c1. The summed E-state index contributed by atoms with van der Waals surface area (Å²) < 4.78 is 10.7. The van der Waals surface area contributed by atoms with E-state index in [1.165, 1.54) is 0 Å². The maximum absolute atomic E-state index is 5.46. The Balaban J connectivity index is 1.85. The molecule has 0 aliphatic rings. The Morgan fingerprint density at radius 2 is 2.25 bits per heavy atom. The molecule has 0 aliphatic carbocycles. The molecule has 0 saturated carbocycles. The molecule has 0 amide bonds. The molecule has 0 saturated heterocycles. The number of rotatable bonds is 6. The van der Waals surface area contributed by atoms with Gasteiger partial charge in [-0.15, -0.1) is 0 Å². The topological polar surface area (TPSA) is 46.4 Å². The lowest BCUT2D eigenvalue weighted by Crippen LogP contribution is -2.27. The molecule has 104 valence electrons. The van der Waals surface area contributed by atoms with Crippen LogP contribution >= 0.6 is 12.2 Å². The van der Waals surface area contributed by atoms with Crippen molar-refractivity contribution in [2.45, 2.75) is 6.54 Å². The molecular weight excluding hydrogens is 272 g/mol. The fourth-order valence-electron chi connectivity index (χ4n) is 1.57. The van der Waals surface area contributed by atoms with Crippen LogP contribution in [-0.4, -0.2) is 11.7 Å². The lowest BCUT2D eigenvalue weighted by atomic mass is 10.3. The van der Waals surface area contributed by atoms with Crippen molar-refractivity contribution in [2.24, 2.45) is 0 Å².